The van der Waals surface area contributed by atoms with Gasteiger partial charge in [-0.1, -0.05) is 0 Å². The lowest BCUT2D eigenvalue weighted by Gasteiger charge is -2.05. The molecule has 0 saturated heterocycles. The fourth-order valence-electron chi connectivity index (χ4n) is 1.98. The zero-order valence-corrected chi connectivity index (χ0v) is 10.7. The van der Waals surface area contributed by atoms with Crippen LogP contribution in [0, 0.1) is 6.92 Å². The molecule has 0 saturated carbocycles. The summed E-state index contributed by atoms with van der Waals surface area (Å²) in [6.07, 6.45) is 5.78. The van der Waals surface area contributed by atoms with Crippen molar-refractivity contribution < 1.29 is 4.79 Å². The quantitative estimate of drug-likeness (QED) is 0.753. The molecule has 0 amide bonds. The normalized spacial score (nSPS) is 11.0. The van der Waals surface area contributed by atoms with E-state index in [1.165, 1.54) is 0 Å². The van der Waals surface area contributed by atoms with Crippen LogP contribution < -0.4 is 5.56 Å². The van der Waals surface area contributed by atoms with Crippen molar-refractivity contribution in [3.63, 3.8) is 0 Å². The second-order valence-electron chi connectivity index (χ2n) is 4.57. The van der Waals surface area contributed by atoms with E-state index in [-0.39, 0.29) is 11.3 Å². The Hall–Kier alpha value is -1.91. The van der Waals surface area contributed by atoms with Gasteiger partial charge in [0.1, 0.15) is 11.3 Å². The molecule has 0 spiro atoms. The summed E-state index contributed by atoms with van der Waals surface area (Å²) in [4.78, 5) is 22.9. The first-order valence-corrected chi connectivity index (χ1v) is 6.13. The first kappa shape index (κ1) is 12.5. The molecule has 0 radical (unpaired) electrons. The Morgan fingerprint density at radius 3 is 2.83 bits per heavy atom. The van der Waals surface area contributed by atoms with Crippen LogP contribution in [0.15, 0.2) is 23.3 Å². The van der Waals surface area contributed by atoms with E-state index in [9.17, 15) is 9.59 Å². The Morgan fingerprint density at radius 1 is 1.33 bits per heavy atom. The lowest BCUT2D eigenvalue weighted by atomic mass is 10.2. The number of unbranched alkanes of at least 4 members (excludes halogenated alkanes) is 1. The number of rotatable bonds is 5. The van der Waals surface area contributed by atoms with Crippen LogP contribution in [0.1, 0.15) is 31.9 Å². The molecule has 0 bridgehead atoms. The molecule has 96 valence electrons. The number of carbonyl (C=O) groups is 1. The van der Waals surface area contributed by atoms with E-state index in [1.807, 2.05) is 6.92 Å². The molecule has 5 nitrogen and oxygen atoms in total. The summed E-state index contributed by atoms with van der Waals surface area (Å²) in [5, 5.41) is 4.19. The average molecular weight is 247 g/mol. The Bertz CT molecular complexity index is 625. The molecule has 2 heterocycles. The van der Waals surface area contributed by atoms with Crippen molar-refractivity contribution >= 4 is 11.3 Å². The van der Waals surface area contributed by atoms with Gasteiger partial charge in [-0.15, -0.1) is 0 Å². The molecule has 18 heavy (non-hydrogen) atoms. The summed E-state index contributed by atoms with van der Waals surface area (Å²) in [6, 6.07) is 1.79. The van der Waals surface area contributed by atoms with Gasteiger partial charge in [0.25, 0.3) is 5.56 Å². The molecule has 2 aromatic rings. The monoisotopic (exact) mass is 247 g/mol. The van der Waals surface area contributed by atoms with Crippen molar-refractivity contribution in [2.24, 2.45) is 0 Å². The molecule has 0 atom stereocenters. The smallest absolute Gasteiger partial charge is 0.276 e. The molecule has 0 aliphatic heterocycles. The van der Waals surface area contributed by atoms with Crippen molar-refractivity contribution in [3.05, 3.63) is 34.5 Å². The van der Waals surface area contributed by atoms with E-state index < -0.39 is 0 Å². The van der Waals surface area contributed by atoms with Crippen LogP contribution in [0.2, 0.25) is 0 Å². The molecular weight excluding hydrogens is 230 g/mol. The maximum Gasteiger partial charge on any atom is 0.276 e. The predicted octanol–water partition coefficient (Wildman–Crippen LogP) is 1.56. The highest BCUT2D eigenvalue weighted by molar-refractivity contribution is 5.75. The third-order valence-electron chi connectivity index (χ3n) is 2.90. The second-order valence-corrected chi connectivity index (χ2v) is 4.57. The third kappa shape index (κ3) is 2.67. The predicted molar refractivity (Wildman–Crippen MR) is 68.7 cm³/mol. The Balaban J connectivity index is 2.11. The van der Waals surface area contributed by atoms with Gasteiger partial charge < -0.3 is 9.36 Å². The lowest BCUT2D eigenvalue weighted by Crippen LogP contribution is -2.21. The van der Waals surface area contributed by atoms with Crippen LogP contribution in [0.3, 0.4) is 0 Å². The molecule has 0 unspecified atom stereocenters. The number of fused-ring (bicyclic) bond motifs is 1. The van der Waals surface area contributed by atoms with E-state index in [4.69, 9.17) is 0 Å². The maximum absolute atomic E-state index is 12.1. The van der Waals surface area contributed by atoms with E-state index in [2.05, 4.69) is 5.10 Å². The minimum absolute atomic E-state index is 0.0269. The molecular formula is C13H17N3O2. The summed E-state index contributed by atoms with van der Waals surface area (Å²) >= 11 is 0. The van der Waals surface area contributed by atoms with Crippen LogP contribution in [0.25, 0.3) is 5.52 Å². The molecule has 0 aromatic carbocycles. The fraction of sp³-hybridized carbons (Fsp3) is 0.462. The molecule has 2 aromatic heterocycles. The van der Waals surface area contributed by atoms with Crippen LogP contribution in [0.4, 0.5) is 0 Å². The van der Waals surface area contributed by atoms with E-state index in [0.717, 1.165) is 18.5 Å². The highest BCUT2D eigenvalue weighted by Crippen LogP contribution is 2.02. The minimum Gasteiger partial charge on any atom is -0.312 e. The highest BCUT2D eigenvalue weighted by Gasteiger charge is 2.05. The van der Waals surface area contributed by atoms with Crippen LogP contribution in [-0.4, -0.2) is 20.0 Å². The first-order chi connectivity index (χ1) is 8.58. The number of carbonyl (C=O) groups excluding carboxylic acids is 1. The number of aromatic nitrogens is 3. The van der Waals surface area contributed by atoms with Crippen molar-refractivity contribution in [3.8, 4) is 0 Å². The summed E-state index contributed by atoms with van der Waals surface area (Å²) in [5.74, 6) is 0.198. The fourth-order valence-corrected chi connectivity index (χ4v) is 1.98. The van der Waals surface area contributed by atoms with Gasteiger partial charge in [-0.05, 0) is 32.8 Å². The zero-order valence-electron chi connectivity index (χ0n) is 10.7. The van der Waals surface area contributed by atoms with Crippen molar-refractivity contribution in [2.75, 3.05) is 0 Å². The number of hydrogen-bond donors (Lipinski definition) is 0. The number of aryl methyl sites for hydroxylation is 2. The van der Waals surface area contributed by atoms with Gasteiger partial charge in [0.05, 0.1) is 5.69 Å². The maximum atomic E-state index is 12.1. The van der Waals surface area contributed by atoms with Gasteiger partial charge in [0, 0.05) is 25.4 Å². The number of nitrogens with zero attached hydrogens (tertiary/aromatic N) is 3. The number of Topliss-reactive ketones (excluding diaryl/α,β-unsaturated/α-hetero) is 1. The Labute approximate surface area is 105 Å². The molecule has 0 fully saturated rings. The zero-order chi connectivity index (χ0) is 13.1. The van der Waals surface area contributed by atoms with Crippen molar-refractivity contribution in [1.82, 2.24) is 14.2 Å². The van der Waals surface area contributed by atoms with Crippen LogP contribution in [0.5, 0.6) is 0 Å². The summed E-state index contributed by atoms with van der Waals surface area (Å²) < 4.78 is 3.28. The number of hydrogen-bond acceptors (Lipinski definition) is 3. The first-order valence-electron chi connectivity index (χ1n) is 6.13. The standard InChI is InChI=1S/C13H17N3O2/c1-10-9-12-13(18)15(7-8-16(12)14-10)6-4-3-5-11(2)17/h7-9H,3-6H2,1-2H3. The van der Waals surface area contributed by atoms with E-state index in [1.54, 1.807) is 34.5 Å². The Kier molecular flexibility index (Phi) is 3.60. The topological polar surface area (TPSA) is 56.4 Å². The lowest BCUT2D eigenvalue weighted by molar-refractivity contribution is -0.117. The molecule has 0 aliphatic carbocycles. The minimum atomic E-state index is -0.0269. The summed E-state index contributed by atoms with van der Waals surface area (Å²) in [5.41, 5.74) is 1.41. The molecule has 5 heteroatoms. The third-order valence-corrected chi connectivity index (χ3v) is 2.90. The molecule has 2 rings (SSSR count). The summed E-state index contributed by atoms with van der Waals surface area (Å²) in [7, 11) is 0. The second kappa shape index (κ2) is 5.16. The van der Waals surface area contributed by atoms with E-state index in [0.29, 0.717) is 18.5 Å². The van der Waals surface area contributed by atoms with Gasteiger partial charge >= 0.3 is 0 Å². The van der Waals surface area contributed by atoms with Crippen molar-refractivity contribution in [2.45, 2.75) is 39.7 Å². The molecule has 0 aliphatic rings. The highest BCUT2D eigenvalue weighted by atomic mass is 16.1. The Morgan fingerprint density at radius 2 is 2.11 bits per heavy atom. The van der Waals surface area contributed by atoms with Crippen molar-refractivity contribution in [1.29, 1.82) is 0 Å². The average Bonchev–Trinajstić information content (AvgIpc) is 2.68. The number of ketones is 1. The van der Waals surface area contributed by atoms with Gasteiger partial charge in [0.2, 0.25) is 0 Å². The van der Waals surface area contributed by atoms with E-state index >= 15 is 0 Å². The largest absolute Gasteiger partial charge is 0.312 e. The van der Waals surface area contributed by atoms with Crippen LogP contribution in [-0.2, 0) is 11.3 Å². The van der Waals surface area contributed by atoms with Gasteiger partial charge in [-0.2, -0.15) is 5.10 Å². The van der Waals surface area contributed by atoms with Gasteiger partial charge in [0.15, 0.2) is 0 Å². The summed E-state index contributed by atoms with van der Waals surface area (Å²) in [6.45, 7) is 4.10. The molecule has 0 N–H and O–H groups in total. The van der Waals surface area contributed by atoms with Crippen LogP contribution >= 0.6 is 0 Å². The SMILES string of the molecule is CC(=O)CCCCn1ccn2nc(C)cc2c1=O. The van der Waals surface area contributed by atoms with Gasteiger partial charge in [-0.3, -0.25) is 4.79 Å². The van der Waals surface area contributed by atoms with Gasteiger partial charge in [-0.25, -0.2) is 4.52 Å².